The van der Waals surface area contributed by atoms with Crippen molar-refractivity contribution in [1.82, 2.24) is 0 Å². The van der Waals surface area contributed by atoms with Crippen molar-refractivity contribution in [2.75, 3.05) is 6.54 Å². The highest BCUT2D eigenvalue weighted by atomic mass is 14.9. The van der Waals surface area contributed by atoms with E-state index in [0.717, 1.165) is 29.1 Å². The molecular formula is C26H37N3. The second-order valence-electron chi connectivity index (χ2n) is 11.3. The predicted octanol–water partition coefficient (Wildman–Crippen LogP) is 5.64. The zero-order valence-electron chi connectivity index (χ0n) is 18.3. The molecule has 3 heteroatoms. The van der Waals surface area contributed by atoms with Crippen molar-refractivity contribution in [1.29, 1.82) is 5.26 Å². The minimum Gasteiger partial charge on any atom is -0.403 e. The van der Waals surface area contributed by atoms with E-state index in [0.29, 0.717) is 28.9 Å². The molecule has 156 valence electrons. The molecule has 0 heterocycles. The van der Waals surface area contributed by atoms with Gasteiger partial charge in [0.25, 0.3) is 0 Å². The summed E-state index contributed by atoms with van der Waals surface area (Å²) in [5.41, 5.74) is 8.98. The first kappa shape index (κ1) is 19.4. The van der Waals surface area contributed by atoms with Crippen LogP contribution in [-0.4, -0.2) is 12.8 Å². The largest absolute Gasteiger partial charge is 0.403 e. The molecule has 0 bridgehead atoms. The molecular weight excluding hydrogens is 354 g/mol. The van der Waals surface area contributed by atoms with Gasteiger partial charge >= 0.3 is 0 Å². The van der Waals surface area contributed by atoms with Crippen LogP contribution in [0.3, 0.4) is 0 Å². The van der Waals surface area contributed by atoms with Crippen molar-refractivity contribution < 1.29 is 0 Å². The lowest BCUT2D eigenvalue weighted by molar-refractivity contribution is 0.0429. The number of nitriles is 1. The maximum atomic E-state index is 9.02. The van der Waals surface area contributed by atoms with E-state index >= 15 is 0 Å². The van der Waals surface area contributed by atoms with E-state index in [-0.39, 0.29) is 0 Å². The van der Waals surface area contributed by atoms with Gasteiger partial charge in [0.05, 0.1) is 12.1 Å². The van der Waals surface area contributed by atoms with Crippen LogP contribution in [0, 0.1) is 57.2 Å². The first-order valence-corrected chi connectivity index (χ1v) is 11.9. The first-order valence-electron chi connectivity index (χ1n) is 11.9. The molecule has 0 saturated heterocycles. The molecule has 0 aromatic heterocycles. The van der Waals surface area contributed by atoms with Crippen LogP contribution in [0.4, 0.5) is 0 Å². The van der Waals surface area contributed by atoms with Crippen LogP contribution in [0.1, 0.15) is 71.6 Å². The maximum Gasteiger partial charge on any atom is 0.102 e. The van der Waals surface area contributed by atoms with Gasteiger partial charge in [0, 0.05) is 12.4 Å². The number of hydrogen-bond donors (Lipinski definition) is 1. The standard InChI is InChI=1S/C26H37N3/c1-17-6-10-25-20(12-17)7-11-26(25)22-5-4-21(24(22,3)9-8-23(25)26)18(2)15-29-16-19(13-27)14-28/h13,16-17,20-23H,2,4-12,15,27H2,1,3H3/b19-13-,29-16?. The minimum atomic E-state index is 0.409. The molecule has 0 aromatic rings. The van der Waals surface area contributed by atoms with Gasteiger partial charge in [-0.2, -0.15) is 5.26 Å². The van der Waals surface area contributed by atoms with Crippen molar-refractivity contribution in [3.63, 3.8) is 0 Å². The molecule has 0 aliphatic heterocycles. The summed E-state index contributed by atoms with van der Waals surface area (Å²) < 4.78 is 0. The van der Waals surface area contributed by atoms with Crippen LogP contribution in [-0.2, 0) is 0 Å². The number of fused-ring (bicyclic) bond motifs is 1. The van der Waals surface area contributed by atoms with Crippen molar-refractivity contribution in [2.45, 2.75) is 71.6 Å². The second kappa shape index (κ2) is 6.47. The summed E-state index contributed by atoms with van der Waals surface area (Å²) in [5, 5.41) is 9.02. The zero-order chi connectivity index (χ0) is 20.4. The fourth-order valence-corrected chi connectivity index (χ4v) is 9.81. The van der Waals surface area contributed by atoms with Gasteiger partial charge in [0.2, 0.25) is 0 Å². The Morgan fingerprint density at radius 1 is 1.14 bits per heavy atom. The van der Waals surface area contributed by atoms with Gasteiger partial charge in [-0.15, -0.1) is 0 Å². The number of hydrogen-bond acceptors (Lipinski definition) is 3. The highest BCUT2D eigenvalue weighted by molar-refractivity contribution is 5.83. The van der Waals surface area contributed by atoms with Crippen LogP contribution in [0.15, 0.2) is 28.9 Å². The molecule has 2 spiro atoms. The van der Waals surface area contributed by atoms with E-state index in [2.05, 4.69) is 31.5 Å². The monoisotopic (exact) mass is 391 g/mol. The van der Waals surface area contributed by atoms with Gasteiger partial charge in [-0.05, 0) is 97.2 Å². The summed E-state index contributed by atoms with van der Waals surface area (Å²) in [5.74, 6) is 4.50. The summed E-state index contributed by atoms with van der Waals surface area (Å²) in [6.07, 6.45) is 16.0. The third-order valence-electron chi connectivity index (χ3n) is 10.7. The SMILES string of the molecule is C=C(CN=C/C(C#N)=C\N)C1CCC2C1(C)CCC1C34CCC(C)CC3CCC214. The van der Waals surface area contributed by atoms with Crippen LogP contribution >= 0.6 is 0 Å². The number of nitrogens with two attached hydrogens (primary N) is 1. The molecule has 0 radical (unpaired) electrons. The fraction of sp³-hybridized carbons (Fsp3) is 0.769. The third-order valence-corrected chi connectivity index (χ3v) is 10.7. The molecule has 8 atom stereocenters. The lowest BCUT2D eigenvalue weighted by Crippen LogP contribution is -2.39. The molecule has 5 saturated carbocycles. The maximum absolute atomic E-state index is 9.02. The van der Waals surface area contributed by atoms with Gasteiger partial charge in [0.1, 0.15) is 6.07 Å². The summed E-state index contributed by atoms with van der Waals surface area (Å²) in [7, 11) is 0. The number of aliphatic imine (C=N–C) groups is 1. The summed E-state index contributed by atoms with van der Waals surface area (Å²) in [6.45, 7) is 10.2. The summed E-state index contributed by atoms with van der Waals surface area (Å²) in [6, 6.07) is 2.07. The van der Waals surface area contributed by atoms with Crippen LogP contribution < -0.4 is 5.73 Å². The summed E-state index contributed by atoms with van der Waals surface area (Å²) >= 11 is 0. The van der Waals surface area contributed by atoms with Crippen molar-refractivity contribution in [3.8, 4) is 6.07 Å². The zero-order valence-corrected chi connectivity index (χ0v) is 18.3. The summed E-state index contributed by atoms with van der Waals surface area (Å²) in [4.78, 5) is 4.50. The van der Waals surface area contributed by atoms with E-state index in [4.69, 9.17) is 11.0 Å². The molecule has 5 fully saturated rings. The molecule has 0 aromatic carbocycles. The number of rotatable bonds is 4. The van der Waals surface area contributed by atoms with Crippen molar-refractivity contribution >= 4 is 6.21 Å². The van der Waals surface area contributed by atoms with Gasteiger partial charge in [-0.1, -0.05) is 32.4 Å². The van der Waals surface area contributed by atoms with Crippen LogP contribution in [0.2, 0.25) is 0 Å². The van der Waals surface area contributed by atoms with E-state index in [1.807, 2.05) is 0 Å². The Balaban J connectivity index is 1.36. The highest BCUT2D eigenvalue weighted by Gasteiger charge is 2.85. The van der Waals surface area contributed by atoms with E-state index in [1.165, 1.54) is 69.6 Å². The lowest BCUT2D eigenvalue weighted by Gasteiger charge is -2.46. The average molecular weight is 392 g/mol. The molecule has 3 nitrogen and oxygen atoms in total. The quantitative estimate of drug-likeness (QED) is 0.383. The second-order valence-corrected chi connectivity index (χ2v) is 11.3. The van der Waals surface area contributed by atoms with Crippen LogP contribution in [0.5, 0.6) is 0 Å². The Morgan fingerprint density at radius 2 is 1.93 bits per heavy atom. The Hall–Kier alpha value is -1.56. The molecule has 5 rings (SSSR count). The topological polar surface area (TPSA) is 62.2 Å². The van der Waals surface area contributed by atoms with E-state index in [9.17, 15) is 0 Å². The lowest BCUT2D eigenvalue weighted by atomic mass is 9.59. The van der Waals surface area contributed by atoms with Crippen molar-refractivity contribution in [2.24, 2.45) is 56.6 Å². The van der Waals surface area contributed by atoms with Crippen molar-refractivity contribution in [3.05, 3.63) is 23.9 Å². The highest BCUT2D eigenvalue weighted by Crippen LogP contribution is 2.92. The van der Waals surface area contributed by atoms with E-state index < -0.39 is 0 Å². The van der Waals surface area contributed by atoms with Crippen LogP contribution in [0.25, 0.3) is 0 Å². The Kier molecular flexibility index (Phi) is 4.33. The molecule has 2 N–H and O–H groups in total. The normalized spacial score (nSPS) is 50.4. The van der Waals surface area contributed by atoms with Gasteiger partial charge < -0.3 is 5.73 Å². The van der Waals surface area contributed by atoms with Gasteiger partial charge in [0.15, 0.2) is 0 Å². The predicted molar refractivity (Wildman–Crippen MR) is 118 cm³/mol. The smallest absolute Gasteiger partial charge is 0.102 e. The number of nitrogens with zero attached hydrogens (tertiary/aromatic N) is 2. The minimum absolute atomic E-state index is 0.409. The Morgan fingerprint density at radius 3 is 2.69 bits per heavy atom. The van der Waals surface area contributed by atoms with E-state index in [1.54, 1.807) is 6.21 Å². The molecule has 5 aliphatic carbocycles. The Labute approximate surface area is 176 Å². The molecule has 29 heavy (non-hydrogen) atoms. The Bertz CT molecular complexity index is 818. The molecule has 5 aliphatic rings. The molecule has 8 unspecified atom stereocenters. The average Bonchev–Trinajstić information content (AvgIpc) is 2.95. The fourth-order valence-electron chi connectivity index (χ4n) is 9.81. The van der Waals surface area contributed by atoms with Gasteiger partial charge in [-0.3, -0.25) is 4.99 Å². The van der Waals surface area contributed by atoms with Gasteiger partial charge in [-0.25, -0.2) is 0 Å². The first-order chi connectivity index (χ1) is 13.9. The molecule has 0 amide bonds. The third kappa shape index (κ3) is 2.32. The number of allylic oxidation sites excluding steroid dienone is 1.